The first kappa shape index (κ1) is 39.2. The first-order chi connectivity index (χ1) is 28.8. The topological polar surface area (TPSA) is 81.8 Å². The average Bonchev–Trinajstić information content (AvgIpc) is 3.28. The van der Waals surface area contributed by atoms with Crippen molar-refractivity contribution in [3.63, 3.8) is 0 Å². The SMILES string of the molecule is COc1ccc(N(c2ccc(C)cc2)c2ccc(/C=C/C3=CC(=C(C#N)C#N)C=C(/C=C/c4ccc(N(c5ccc(C)cc5)c5ccc(OC)cc5)cc4)O3)cc2)cc1. The van der Waals surface area contributed by atoms with Crippen LogP contribution in [0.1, 0.15) is 22.3 Å². The van der Waals surface area contributed by atoms with E-state index in [-0.39, 0.29) is 5.57 Å². The minimum absolute atomic E-state index is 0.00302. The van der Waals surface area contributed by atoms with E-state index < -0.39 is 0 Å². The van der Waals surface area contributed by atoms with Gasteiger partial charge in [-0.3, -0.25) is 0 Å². The smallest absolute Gasteiger partial charge is 0.137 e. The summed E-state index contributed by atoms with van der Waals surface area (Å²) in [6.07, 6.45) is 11.0. The summed E-state index contributed by atoms with van der Waals surface area (Å²) in [6.45, 7) is 4.15. The quantitative estimate of drug-likeness (QED) is 0.115. The van der Waals surface area contributed by atoms with Crippen molar-refractivity contribution in [2.75, 3.05) is 24.0 Å². The molecule has 0 atom stereocenters. The maximum Gasteiger partial charge on any atom is 0.137 e. The Hall–Kier alpha value is -8.00. The van der Waals surface area contributed by atoms with E-state index in [9.17, 15) is 10.5 Å². The molecule has 0 fully saturated rings. The summed E-state index contributed by atoms with van der Waals surface area (Å²) in [5.41, 5.74) is 10.8. The third kappa shape index (κ3) is 9.52. The largest absolute Gasteiger partial charge is 0.497 e. The number of nitriles is 2. The van der Waals surface area contributed by atoms with E-state index >= 15 is 0 Å². The van der Waals surface area contributed by atoms with Crippen molar-refractivity contribution in [2.45, 2.75) is 13.8 Å². The lowest BCUT2D eigenvalue weighted by atomic mass is 10.0. The fourth-order valence-corrected chi connectivity index (χ4v) is 6.58. The molecule has 0 radical (unpaired) electrons. The number of benzene rings is 6. The molecule has 0 N–H and O–H groups in total. The van der Waals surface area contributed by atoms with Crippen LogP contribution in [-0.2, 0) is 4.74 Å². The number of hydrogen-bond acceptors (Lipinski definition) is 7. The summed E-state index contributed by atoms with van der Waals surface area (Å²) in [5, 5.41) is 19.5. The van der Waals surface area contributed by atoms with Crippen molar-refractivity contribution >= 4 is 46.3 Å². The Kier molecular flexibility index (Phi) is 12.2. The molecule has 288 valence electrons. The molecule has 7 nitrogen and oxygen atoms in total. The van der Waals surface area contributed by atoms with E-state index in [4.69, 9.17) is 14.2 Å². The summed E-state index contributed by atoms with van der Waals surface area (Å²) in [6, 6.07) is 53.4. The number of methoxy groups -OCH3 is 2. The zero-order chi connectivity index (χ0) is 41.1. The molecule has 6 aromatic carbocycles. The minimum atomic E-state index is 0.00302. The molecule has 59 heavy (non-hydrogen) atoms. The van der Waals surface area contributed by atoms with Crippen molar-refractivity contribution in [3.8, 4) is 23.6 Å². The van der Waals surface area contributed by atoms with Crippen molar-refractivity contribution in [3.05, 3.63) is 215 Å². The predicted octanol–water partition coefficient (Wildman–Crippen LogP) is 13.1. The average molecular weight is 771 g/mol. The van der Waals surface area contributed by atoms with E-state index in [1.807, 2.05) is 109 Å². The summed E-state index contributed by atoms with van der Waals surface area (Å²) < 4.78 is 17.1. The van der Waals surface area contributed by atoms with Gasteiger partial charge in [0.25, 0.3) is 0 Å². The van der Waals surface area contributed by atoms with Crippen molar-refractivity contribution in [1.82, 2.24) is 0 Å². The molecule has 6 aromatic rings. The van der Waals surface area contributed by atoms with Crippen LogP contribution in [0.2, 0.25) is 0 Å². The third-order valence-electron chi connectivity index (χ3n) is 9.77. The van der Waals surface area contributed by atoms with Crippen molar-refractivity contribution in [1.29, 1.82) is 10.5 Å². The second-order valence-corrected chi connectivity index (χ2v) is 13.8. The van der Waals surface area contributed by atoms with Gasteiger partial charge in [-0.05, 0) is 146 Å². The Morgan fingerprint density at radius 2 is 0.763 bits per heavy atom. The van der Waals surface area contributed by atoms with Gasteiger partial charge in [0.15, 0.2) is 0 Å². The van der Waals surface area contributed by atoms with Gasteiger partial charge in [0, 0.05) is 39.7 Å². The Balaban J connectivity index is 1.10. The molecule has 1 heterocycles. The highest BCUT2D eigenvalue weighted by atomic mass is 16.5. The van der Waals surface area contributed by atoms with Gasteiger partial charge in [0.2, 0.25) is 0 Å². The van der Waals surface area contributed by atoms with Gasteiger partial charge in [-0.15, -0.1) is 0 Å². The van der Waals surface area contributed by atoms with E-state index in [1.54, 1.807) is 26.4 Å². The van der Waals surface area contributed by atoms with Gasteiger partial charge in [-0.1, -0.05) is 71.8 Å². The van der Waals surface area contributed by atoms with Crippen LogP contribution < -0.4 is 19.3 Å². The summed E-state index contributed by atoms with van der Waals surface area (Å²) in [4.78, 5) is 4.39. The molecule has 1 aliphatic rings. The number of ether oxygens (including phenoxy) is 3. The standard InChI is InChI=1S/C52H42N4O3/c1-37-5-15-43(16-6-37)55(47-23-29-49(57-3)30-24-47)45-19-9-39(10-20-45)13-27-51-33-41(42(35-53)36-54)34-52(59-51)28-14-40-11-21-46(22-12-40)56(44-17-7-38(2)8-18-44)48-25-31-50(58-4)32-26-48/h5-34H,1-4H3/b27-13+,28-14+. The highest BCUT2D eigenvalue weighted by Crippen LogP contribution is 2.37. The lowest BCUT2D eigenvalue weighted by molar-refractivity contribution is 0.332. The second-order valence-electron chi connectivity index (χ2n) is 13.8. The highest BCUT2D eigenvalue weighted by molar-refractivity contribution is 5.79. The molecule has 0 aromatic heterocycles. The first-order valence-corrected chi connectivity index (χ1v) is 19.1. The van der Waals surface area contributed by atoms with Gasteiger partial charge in [0.05, 0.1) is 14.2 Å². The van der Waals surface area contributed by atoms with Crippen LogP contribution in [-0.4, -0.2) is 14.2 Å². The molecule has 0 unspecified atom stereocenters. The molecule has 7 heteroatoms. The van der Waals surface area contributed by atoms with Crippen LogP contribution in [0.3, 0.4) is 0 Å². The van der Waals surface area contributed by atoms with Crippen LogP contribution in [0.5, 0.6) is 11.5 Å². The monoisotopic (exact) mass is 770 g/mol. The summed E-state index contributed by atoms with van der Waals surface area (Å²) in [7, 11) is 3.33. The number of allylic oxidation sites excluding steroid dienone is 6. The van der Waals surface area contributed by atoms with Crippen LogP contribution in [0.15, 0.2) is 193 Å². The fraction of sp³-hybridized carbons (Fsp3) is 0.0769. The van der Waals surface area contributed by atoms with Gasteiger partial charge < -0.3 is 24.0 Å². The van der Waals surface area contributed by atoms with Crippen molar-refractivity contribution < 1.29 is 14.2 Å². The lowest BCUT2D eigenvalue weighted by Gasteiger charge is -2.26. The normalized spacial score (nSPS) is 12.2. The molecular weight excluding hydrogens is 729 g/mol. The van der Waals surface area contributed by atoms with Gasteiger partial charge >= 0.3 is 0 Å². The molecule has 0 bridgehead atoms. The van der Waals surface area contributed by atoms with Crippen molar-refractivity contribution in [2.24, 2.45) is 0 Å². The Bertz CT molecular complexity index is 2460. The number of hydrogen-bond donors (Lipinski definition) is 0. The summed E-state index contributed by atoms with van der Waals surface area (Å²) >= 11 is 0. The molecule has 1 aliphatic heterocycles. The Morgan fingerprint density at radius 1 is 0.458 bits per heavy atom. The number of nitrogens with zero attached hydrogens (tertiary/aromatic N) is 4. The van der Waals surface area contributed by atoms with Crippen LogP contribution in [0.25, 0.3) is 12.2 Å². The third-order valence-corrected chi connectivity index (χ3v) is 9.77. The summed E-state index contributed by atoms with van der Waals surface area (Å²) in [5.74, 6) is 2.58. The second kappa shape index (κ2) is 18.3. The molecule has 0 aliphatic carbocycles. The molecular formula is C52H42N4O3. The first-order valence-electron chi connectivity index (χ1n) is 19.1. The molecule has 0 saturated carbocycles. The number of anilines is 6. The van der Waals surface area contributed by atoms with E-state index in [0.717, 1.165) is 56.8 Å². The zero-order valence-electron chi connectivity index (χ0n) is 33.3. The molecule has 0 spiro atoms. The predicted molar refractivity (Wildman–Crippen MR) is 238 cm³/mol. The minimum Gasteiger partial charge on any atom is -0.497 e. The Labute approximate surface area is 346 Å². The molecule has 7 rings (SSSR count). The van der Waals surface area contributed by atoms with Gasteiger partial charge in [-0.2, -0.15) is 10.5 Å². The van der Waals surface area contributed by atoms with E-state index in [2.05, 4.69) is 96.4 Å². The zero-order valence-corrected chi connectivity index (χ0v) is 33.3. The number of aryl methyl sites for hydroxylation is 2. The highest BCUT2D eigenvalue weighted by Gasteiger charge is 2.15. The Morgan fingerprint density at radius 3 is 1.07 bits per heavy atom. The van der Waals surface area contributed by atoms with Gasteiger partial charge in [-0.25, -0.2) is 0 Å². The van der Waals surface area contributed by atoms with Crippen LogP contribution in [0, 0.1) is 36.5 Å². The molecule has 0 amide bonds. The maximum atomic E-state index is 9.73. The van der Waals surface area contributed by atoms with Crippen LogP contribution in [0.4, 0.5) is 34.1 Å². The molecule has 0 saturated heterocycles. The van der Waals surface area contributed by atoms with Crippen LogP contribution >= 0.6 is 0 Å². The van der Waals surface area contributed by atoms with Gasteiger partial charge in [0.1, 0.15) is 40.7 Å². The fourth-order valence-electron chi connectivity index (χ4n) is 6.58. The number of rotatable bonds is 12. The van der Waals surface area contributed by atoms with E-state index in [0.29, 0.717) is 17.1 Å². The maximum absolute atomic E-state index is 9.73. The lowest BCUT2D eigenvalue weighted by Crippen LogP contribution is -2.09. The van der Waals surface area contributed by atoms with E-state index in [1.165, 1.54) is 11.1 Å².